The number of aromatic nitrogens is 1. The molecule has 0 atom stereocenters. The number of carbonyl (C=O) groups excluding carboxylic acids is 2. The number of benzene rings is 1. The molecule has 2 aromatic rings. The summed E-state index contributed by atoms with van der Waals surface area (Å²) in [5.41, 5.74) is 1.09. The van der Waals surface area contributed by atoms with Crippen molar-refractivity contribution in [1.82, 2.24) is 9.88 Å². The van der Waals surface area contributed by atoms with Gasteiger partial charge in [0.1, 0.15) is 12.4 Å². The highest BCUT2D eigenvalue weighted by Crippen LogP contribution is 2.26. The number of Topliss-reactive ketones (excluding diaryl/α,β-unsaturated/α-hetero) is 1. The number of ether oxygens (including phenoxy) is 2. The average molecular weight is 346 g/mol. The van der Waals surface area contributed by atoms with Crippen molar-refractivity contribution in [3.8, 4) is 5.75 Å². The molecule has 1 aromatic heterocycles. The monoisotopic (exact) mass is 346 g/mol. The quantitative estimate of drug-likeness (QED) is 0.616. The zero-order valence-electron chi connectivity index (χ0n) is 15.5. The number of nitrogens with one attached hydrogen (secondary N) is 1. The number of H-pyrrole nitrogens is 1. The van der Waals surface area contributed by atoms with Gasteiger partial charge in [-0.05, 0) is 31.3 Å². The maximum atomic E-state index is 12.4. The van der Waals surface area contributed by atoms with Crippen LogP contribution in [0.4, 0.5) is 0 Å². The number of carbonyl (C=O) groups is 2. The molecule has 0 aliphatic rings. The van der Waals surface area contributed by atoms with Crippen LogP contribution in [0, 0.1) is 5.41 Å². The van der Waals surface area contributed by atoms with Crippen molar-refractivity contribution < 1.29 is 19.1 Å². The third-order valence-corrected chi connectivity index (χ3v) is 3.89. The van der Waals surface area contributed by atoms with Gasteiger partial charge >= 0.3 is 5.97 Å². The third kappa shape index (κ3) is 5.06. The van der Waals surface area contributed by atoms with Gasteiger partial charge in [0.2, 0.25) is 0 Å². The maximum Gasteiger partial charge on any atom is 0.319 e. The summed E-state index contributed by atoms with van der Waals surface area (Å²) < 4.78 is 10.4. The van der Waals surface area contributed by atoms with E-state index in [1.807, 2.05) is 57.0 Å². The lowest BCUT2D eigenvalue weighted by atomic mass is 9.89. The number of aromatic amines is 1. The lowest BCUT2D eigenvalue weighted by Gasteiger charge is -2.15. The summed E-state index contributed by atoms with van der Waals surface area (Å²) in [5, 5.41) is 0.938. The Balaban J connectivity index is 1.99. The van der Waals surface area contributed by atoms with Gasteiger partial charge in [-0.15, -0.1) is 0 Å². The molecule has 136 valence electrons. The van der Waals surface area contributed by atoms with Crippen LogP contribution in [0.25, 0.3) is 10.9 Å². The van der Waals surface area contributed by atoms with E-state index >= 15 is 0 Å². The molecule has 6 heteroatoms. The van der Waals surface area contributed by atoms with Gasteiger partial charge in [0.15, 0.2) is 5.78 Å². The van der Waals surface area contributed by atoms with Gasteiger partial charge in [-0.2, -0.15) is 0 Å². The first-order chi connectivity index (χ1) is 11.7. The Bertz CT molecular complexity index is 758. The number of rotatable bonds is 7. The minimum atomic E-state index is -0.426. The molecule has 25 heavy (non-hydrogen) atoms. The maximum absolute atomic E-state index is 12.4. The van der Waals surface area contributed by atoms with E-state index in [9.17, 15) is 9.59 Å². The Morgan fingerprint density at radius 3 is 2.56 bits per heavy atom. The van der Waals surface area contributed by atoms with Crippen molar-refractivity contribution >= 4 is 22.7 Å². The Hall–Kier alpha value is -2.34. The van der Waals surface area contributed by atoms with Crippen LogP contribution in [-0.2, 0) is 9.53 Å². The zero-order chi connectivity index (χ0) is 18.6. The number of hydrogen-bond donors (Lipinski definition) is 1. The van der Waals surface area contributed by atoms with Gasteiger partial charge in [0.25, 0.3) is 0 Å². The largest absolute Gasteiger partial charge is 0.492 e. The highest BCUT2D eigenvalue weighted by Gasteiger charge is 2.24. The second kappa shape index (κ2) is 7.70. The molecule has 0 fully saturated rings. The molecule has 1 N–H and O–H groups in total. The smallest absolute Gasteiger partial charge is 0.319 e. The average Bonchev–Trinajstić information content (AvgIpc) is 2.96. The van der Waals surface area contributed by atoms with E-state index in [0.717, 1.165) is 16.7 Å². The minimum absolute atomic E-state index is 0.0793. The molecule has 1 heterocycles. The SMILES string of the molecule is COC(=O)CN(C)CCOc1ccc2[nH]c(C(=O)C(C)(C)C)cc2c1. The summed E-state index contributed by atoms with van der Waals surface area (Å²) in [7, 11) is 3.21. The molecule has 0 saturated carbocycles. The Morgan fingerprint density at radius 1 is 1.20 bits per heavy atom. The van der Waals surface area contributed by atoms with Crippen molar-refractivity contribution in [1.29, 1.82) is 0 Å². The lowest BCUT2D eigenvalue weighted by molar-refractivity contribution is -0.141. The van der Waals surface area contributed by atoms with Gasteiger partial charge < -0.3 is 14.5 Å². The summed E-state index contributed by atoms with van der Waals surface area (Å²) in [6.07, 6.45) is 0. The second-order valence-electron chi connectivity index (χ2n) is 7.17. The number of esters is 1. The topological polar surface area (TPSA) is 71.6 Å². The predicted molar refractivity (Wildman–Crippen MR) is 97.1 cm³/mol. The summed E-state index contributed by atoms with van der Waals surface area (Å²) in [6.45, 7) is 7.00. The summed E-state index contributed by atoms with van der Waals surface area (Å²) >= 11 is 0. The number of nitrogens with zero attached hydrogens (tertiary/aromatic N) is 1. The van der Waals surface area contributed by atoms with E-state index in [4.69, 9.17) is 4.74 Å². The molecule has 0 unspecified atom stereocenters. The Kier molecular flexibility index (Phi) is 5.85. The van der Waals surface area contributed by atoms with Crippen molar-refractivity contribution in [2.45, 2.75) is 20.8 Å². The van der Waals surface area contributed by atoms with Gasteiger partial charge in [0.05, 0.1) is 19.3 Å². The van der Waals surface area contributed by atoms with Crippen molar-refractivity contribution in [3.63, 3.8) is 0 Å². The van der Waals surface area contributed by atoms with Crippen molar-refractivity contribution in [2.24, 2.45) is 5.41 Å². The lowest BCUT2D eigenvalue weighted by Crippen LogP contribution is -2.30. The number of fused-ring (bicyclic) bond motifs is 1. The number of ketones is 1. The molecule has 6 nitrogen and oxygen atoms in total. The van der Waals surface area contributed by atoms with Crippen LogP contribution < -0.4 is 4.74 Å². The summed E-state index contributed by atoms with van der Waals surface area (Å²) in [6, 6.07) is 7.54. The van der Waals surface area contributed by atoms with Gasteiger partial charge in [0, 0.05) is 22.9 Å². The molecule has 0 bridgehead atoms. The molecule has 0 radical (unpaired) electrons. The molecule has 0 amide bonds. The van der Waals surface area contributed by atoms with Crippen molar-refractivity contribution in [3.05, 3.63) is 30.0 Å². The van der Waals surface area contributed by atoms with E-state index in [-0.39, 0.29) is 18.3 Å². The van der Waals surface area contributed by atoms with E-state index < -0.39 is 5.41 Å². The van der Waals surface area contributed by atoms with Gasteiger partial charge in [-0.25, -0.2) is 0 Å². The zero-order valence-corrected chi connectivity index (χ0v) is 15.5. The molecular weight excluding hydrogens is 320 g/mol. The first-order valence-electron chi connectivity index (χ1n) is 8.26. The molecule has 1 aromatic carbocycles. The van der Waals surface area contributed by atoms with Crippen LogP contribution in [0.1, 0.15) is 31.3 Å². The molecular formula is C19H26N2O4. The Morgan fingerprint density at radius 2 is 1.92 bits per heavy atom. The number of likely N-dealkylation sites (N-methyl/N-ethyl adjacent to an activating group) is 1. The van der Waals surface area contributed by atoms with E-state index in [0.29, 0.717) is 18.8 Å². The van der Waals surface area contributed by atoms with E-state index in [1.54, 1.807) is 0 Å². The first-order valence-corrected chi connectivity index (χ1v) is 8.26. The van der Waals surface area contributed by atoms with Crippen LogP contribution >= 0.6 is 0 Å². The highest BCUT2D eigenvalue weighted by molar-refractivity contribution is 6.02. The number of hydrogen-bond acceptors (Lipinski definition) is 5. The minimum Gasteiger partial charge on any atom is -0.492 e. The van der Waals surface area contributed by atoms with Crippen LogP contribution in [-0.4, -0.2) is 55.5 Å². The molecule has 0 aliphatic heterocycles. The third-order valence-electron chi connectivity index (χ3n) is 3.89. The fourth-order valence-corrected chi connectivity index (χ4v) is 2.41. The Labute approximate surface area is 148 Å². The van der Waals surface area contributed by atoms with Crippen LogP contribution in [0.5, 0.6) is 5.75 Å². The van der Waals surface area contributed by atoms with Crippen LogP contribution in [0.2, 0.25) is 0 Å². The van der Waals surface area contributed by atoms with E-state index in [1.165, 1.54) is 7.11 Å². The first kappa shape index (κ1) is 19.0. The summed E-state index contributed by atoms with van der Waals surface area (Å²) in [4.78, 5) is 28.6. The van der Waals surface area contributed by atoms with Crippen LogP contribution in [0.15, 0.2) is 24.3 Å². The van der Waals surface area contributed by atoms with E-state index in [2.05, 4.69) is 9.72 Å². The van der Waals surface area contributed by atoms with Crippen LogP contribution in [0.3, 0.4) is 0 Å². The summed E-state index contributed by atoms with van der Waals surface area (Å²) in [5.74, 6) is 0.538. The highest BCUT2D eigenvalue weighted by atomic mass is 16.5. The van der Waals surface area contributed by atoms with Crippen molar-refractivity contribution in [2.75, 3.05) is 33.9 Å². The molecule has 0 aliphatic carbocycles. The molecule has 0 spiro atoms. The van der Waals surface area contributed by atoms with Gasteiger partial charge in [-0.1, -0.05) is 20.8 Å². The predicted octanol–water partition coefficient (Wildman–Crippen LogP) is 2.88. The standard InChI is InChI=1S/C19H26N2O4/c1-19(2,3)18(23)16-11-13-10-14(6-7-15(13)20-16)25-9-8-21(4)12-17(22)24-5/h6-7,10-11,20H,8-9,12H2,1-5H3. The fourth-order valence-electron chi connectivity index (χ4n) is 2.41. The number of methoxy groups -OCH3 is 1. The molecule has 0 saturated heterocycles. The normalized spacial score (nSPS) is 11.8. The second-order valence-corrected chi connectivity index (χ2v) is 7.17. The molecule has 2 rings (SSSR count). The fraction of sp³-hybridized carbons (Fsp3) is 0.474. The van der Waals surface area contributed by atoms with Gasteiger partial charge in [-0.3, -0.25) is 14.5 Å².